The zero-order valence-electron chi connectivity index (χ0n) is 11.0. The molecular weight excluding hydrogens is 320 g/mol. The van der Waals surface area contributed by atoms with E-state index in [0.29, 0.717) is 12.8 Å². The summed E-state index contributed by atoms with van der Waals surface area (Å²) in [6.07, 6.45) is 1.87. The van der Waals surface area contributed by atoms with Gasteiger partial charge in [0.15, 0.2) is 4.90 Å². The summed E-state index contributed by atoms with van der Waals surface area (Å²) >= 11 is 5.67. The van der Waals surface area contributed by atoms with Crippen molar-refractivity contribution in [3.63, 3.8) is 0 Å². The molecular formula is C12H15ClN2O5S. The lowest BCUT2D eigenvalue weighted by molar-refractivity contribution is -0.387. The Kier molecular flexibility index (Phi) is 4.82. The number of benzene rings is 1. The van der Waals surface area contributed by atoms with Crippen LogP contribution in [0.2, 0.25) is 5.02 Å². The number of aliphatic hydroxyl groups is 1. The SMILES string of the molecule is O=[N+]([O-])c1cc(Cl)ccc1S(=O)(=O)N[C@@H]1CCCC[C@H]1O. The second-order valence-electron chi connectivity index (χ2n) is 4.95. The van der Waals surface area contributed by atoms with E-state index in [1.165, 1.54) is 6.07 Å². The van der Waals surface area contributed by atoms with Gasteiger partial charge in [0, 0.05) is 17.1 Å². The lowest BCUT2D eigenvalue weighted by atomic mass is 9.93. The highest BCUT2D eigenvalue weighted by Gasteiger charge is 2.32. The summed E-state index contributed by atoms with van der Waals surface area (Å²) < 4.78 is 27.0. The van der Waals surface area contributed by atoms with Gasteiger partial charge in [-0.15, -0.1) is 0 Å². The number of halogens is 1. The van der Waals surface area contributed by atoms with Crippen LogP contribution in [0.4, 0.5) is 5.69 Å². The minimum atomic E-state index is -4.10. The van der Waals surface area contributed by atoms with Crippen LogP contribution < -0.4 is 4.72 Å². The molecule has 2 rings (SSSR count). The van der Waals surface area contributed by atoms with Crippen molar-refractivity contribution in [2.24, 2.45) is 0 Å². The van der Waals surface area contributed by atoms with Gasteiger partial charge in [-0.3, -0.25) is 10.1 Å². The van der Waals surface area contributed by atoms with Gasteiger partial charge in [0.05, 0.1) is 11.0 Å². The van der Waals surface area contributed by atoms with Gasteiger partial charge >= 0.3 is 0 Å². The van der Waals surface area contributed by atoms with Crippen molar-refractivity contribution >= 4 is 27.3 Å². The van der Waals surface area contributed by atoms with Crippen LogP contribution in [0.15, 0.2) is 23.1 Å². The van der Waals surface area contributed by atoms with Crippen molar-refractivity contribution in [2.45, 2.75) is 42.7 Å². The van der Waals surface area contributed by atoms with Crippen LogP contribution in [-0.2, 0) is 10.0 Å². The van der Waals surface area contributed by atoms with Crippen molar-refractivity contribution in [1.82, 2.24) is 4.72 Å². The van der Waals surface area contributed by atoms with Crippen molar-refractivity contribution in [2.75, 3.05) is 0 Å². The Morgan fingerprint density at radius 2 is 2.00 bits per heavy atom. The summed E-state index contributed by atoms with van der Waals surface area (Å²) in [5.74, 6) is 0. The van der Waals surface area contributed by atoms with Crippen molar-refractivity contribution in [3.05, 3.63) is 33.3 Å². The molecule has 2 N–H and O–H groups in total. The summed E-state index contributed by atoms with van der Waals surface area (Å²) in [6.45, 7) is 0. The maximum absolute atomic E-state index is 12.3. The van der Waals surface area contributed by atoms with Gasteiger partial charge in [0.2, 0.25) is 10.0 Å². The largest absolute Gasteiger partial charge is 0.391 e. The number of hydrogen-bond acceptors (Lipinski definition) is 5. The molecule has 9 heteroatoms. The summed E-state index contributed by atoms with van der Waals surface area (Å²) in [5, 5.41) is 20.9. The van der Waals surface area contributed by atoms with Crippen LogP contribution in [0.25, 0.3) is 0 Å². The van der Waals surface area contributed by atoms with Crippen LogP contribution >= 0.6 is 11.6 Å². The highest BCUT2D eigenvalue weighted by atomic mass is 35.5. The lowest BCUT2D eigenvalue weighted by Crippen LogP contribution is -2.45. The van der Waals surface area contributed by atoms with Crippen molar-refractivity contribution in [3.8, 4) is 0 Å². The Morgan fingerprint density at radius 1 is 1.33 bits per heavy atom. The van der Waals surface area contributed by atoms with E-state index >= 15 is 0 Å². The number of nitro benzene ring substituents is 1. The monoisotopic (exact) mass is 334 g/mol. The number of sulfonamides is 1. The van der Waals surface area contributed by atoms with Crippen molar-refractivity contribution < 1.29 is 18.4 Å². The number of aliphatic hydroxyl groups excluding tert-OH is 1. The number of nitrogens with one attached hydrogen (secondary N) is 1. The lowest BCUT2D eigenvalue weighted by Gasteiger charge is -2.27. The number of rotatable bonds is 4. The van der Waals surface area contributed by atoms with E-state index in [4.69, 9.17) is 11.6 Å². The zero-order valence-corrected chi connectivity index (χ0v) is 12.6. The molecule has 0 unspecified atom stereocenters. The fourth-order valence-electron chi connectivity index (χ4n) is 2.37. The van der Waals surface area contributed by atoms with Crippen LogP contribution in [0.1, 0.15) is 25.7 Å². The first-order chi connectivity index (χ1) is 9.81. The highest BCUT2D eigenvalue weighted by molar-refractivity contribution is 7.89. The second kappa shape index (κ2) is 6.27. The molecule has 0 bridgehead atoms. The standard InChI is InChI=1S/C12H15ClN2O5S/c13-8-5-6-12(10(7-8)15(17)18)21(19,20)14-9-3-1-2-4-11(9)16/h5-7,9,11,14,16H,1-4H2/t9-,11-/m1/s1. The average molecular weight is 335 g/mol. The molecule has 1 fully saturated rings. The molecule has 2 atom stereocenters. The average Bonchev–Trinajstić information content (AvgIpc) is 2.40. The summed E-state index contributed by atoms with van der Waals surface area (Å²) in [6, 6.07) is 2.74. The van der Waals surface area contributed by atoms with E-state index in [1.807, 2.05) is 0 Å². The van der Waals surface area contributed by atoms with Gasteiger partial charge in [-0.1, -0.05) is 24.4 Å². The fourth-order valence-corrected chi connectivity index (χ4v) is 3.99. The summed E-state index contributed by atoms with van der Waals surface area (Å²) in [4.78, 5) is 9.74. The summed E-state index contributed by atoms with van der Waals surface area (Å²) in [7, 11) is -4.10. The Balaban J connectivity index is 2.33. The Labute approximate surface area is 127 Å². The number of nitrogens with zero attached hydrogens (tertiary/aromatic N) is 1. The molecule has 21 heavy (non-hydrogen) atoms. The third kappa shape index (κ3) is 3.70. The molecule has 1 aliphatic rings. The molecule has 0 saturated heterocycles. The Bertz CT molecular complexity index is 649. The van der Waals surface area contributed by atoms with Crippen LogP contribution in [-0.4, -0.2) is 30.6 Å². The molecule has 1 saturated carbocycles. The molecule has 0 heterocycles. The second-order valence-corrected chi connectivity index (χ2v) is 7.07. The van der Waals surface area contributed by atoms with E-state index in [9.17, 15) is 23.6 Å². The molecule has 0 amide bonds. The van der Waals surface area contributed by atoms with Gasteiger partial charge in [0.25, 0.3) is 5.69 Å². The van der Waals surface area contributed by atoms with E-state index in [2.05, 4.69) is 4.72 Å². The maximum atomic E-state index is 12.3. The predicted molar refractivity (Wildman–Crippen MR) is 76.7 cm³/mol. The topological polar surface area (TPSA) is 110 Å². The molecule has 1 aromatic rings. The number of nitro groups is 1. The molecule has 116 valence electrons. The normalized spacial score (nSPS) is 23.0. The van der Waals surface area contributed by atoms with E-state index in [0.717, 1.165) is 25.0 Å². The first kappa shape index (κ1) is 16.2. The highest BCUT2D eigenvalue weighted by Crippen LogP contribution is 2.28. The van der Waals surface area contributed by atoms with Gasteiger partial charge < -0.3 is 5.11 Å². The van der Waals surface area contributed by atoms with Gasteiger partial charge in [-0.05, 0) is 25.0 Å². The molecule has 7 nitrogen and oxygen atoms in total. The third-order valence-corrected chi connectivity index (χ3v) is 5.22. The van der Waals surface area contributed by atoms with Crippen LogP contribution in [0.5, 0.6) is 0 Å². The molecule has 1 aliphatic carbocycles. The first-order valence-corrected chi connectivity index (χ1v) is 8.32. The minimum absolute atomic E-state index is 0.0818. The third-order valence-electron chi connectivity index (χ3n) is 3.44. The van der Waals surface area contributed by atoms with Crippen LogP contribution in [0, 0.1) is 10.1 Å². The van der Waals surface area contributed by atoms with Crippen LogP contribution in [0.3, 0.4) is 0 Å². The molecule has 0 radical (unpaired) electrons. The zero-order chi connectivity index (χ0) is 15.6. The van der Waals surface area contributed by atoms with E-state index in [1.54, 1.807) is 0 Å². The Morgan fingerprint density at radius 3 is 2.62 bits per heavy atom. The van der Waals surface area contributed by atoms with Crippen molar-refractivity contribution in [1.29, 1.82) is 0 Å². The smallest absolute Gasteiger partial charge is 0.290 e. The fraction of sp³-hybridized carbons (Fsp3) is 0.500. The molecule has 1 aromatic carbocycles. The number of hydrogen-bond donors (Lipinski definition) is 2. The van der Waals surface area contributed by atoms with Gasteiger partial charge in [0.1, 0.15) is 0 Å². The maximum Gasteiger partial charge on any atom is 0.290 e. The summed E-state index contributed by atoms with van der Waals surface area (Å²) in [5.41, 5.74) is -0.583. The Hall–Kier alpha value is -1.22. The van der Waals surface area contributed by atoms with Gasteiger partial charge in [-0.25, -0.2) is 13.1 Å². The predicted octanol–water partition coefficient (Wildman–Crippen LogP) is 1.83. The minimum Gasteiger partial charge on any atom is -0.391 e. The van der Waals surface area contributed by atoms with E-state index < -0.39 is 37.7 Å². The van der Waals surface area contributed by atoms with Gasteiger partial charge in [-0.2, -0.15) is 0 Å². The first-order valence-electron chi connectivity index (χ1n) is 6.45. The molecule has 0 aromatic heterocycles. The molecule has 0 spiro atoms. The quantitative estimate of drug-likeness (QED) is 0.644. The molecule has 0 aliphatic heterocycles. The van der Waals surface area contributed by atoms with E-state index in [-0.39, 0.29) is 5.02 Å².